The summed E-state index contributed by atoms with van der Waals surface area (Å²) in [4.78, 5) is 49.9. The summed E-state index contributed by atoms with van der Waals surface area (Å²) in [5, 5.41) is 5.29. The quantitative estimate of drug-likeness (QED) is 0.313. The van der Waals surface area contributed by atoms with Gasteiger partial charge in [-0.2, -0.15) is 0 Å². The molecule has 49 heavy (non-hydrogen) atoms. The molecule has 258 valence electrons. The number of benzene rings is 3. The molecule has 9 rings (SSSR count). The van der Waals surface area contributed by atoms with Crippen molar-refractivity contribution in [3.63, 3.8) is 0 Å². The number of fused-ring (bicyclic) bond motifs is 1. The van der Waals surface area contributed by atoms with E-state index in [1.54, 1.807) is 0 Å². The molecule has 2 saturated heterocycles. The first-order valence-electron chi connectivity index (χ1n) is 18.7. The van der Waals surface area contributed by atoms with Gasteiger partial charge in [-0.1, -0.05) is 30.3 Å². The second-order valence-corrected chi connectivity index (χ2v) is 16.1. The molecule has 4 saturated carbocycles. The van der Waals surface area contributed by atoms with E-state index in [0.29, 0.717) is 55.5 Å². The molecular formula is C41H51N5O3. The minimum atomic E-state index is -0.191. The first kappa shape index (κ1) is 32.3. The monoisotopic (exact) mass is 661 g/mol. The van der Waals surface area contributed by atoms with E-state index >= 15 is 0 Å². The molecule has 3 aromatic carbocycles. The third kappa shape index (κ3) is 6.56. The van der Waals surface area contributed by atoms with Crippen LogP contribution in [0.2, 0.25) is 0 Å². The fourth-order valence-corrected chi connectivity index (χ4v) is 10.3. The molecule has 4 bridgehead atoms. The first-order valence-corrected chi connectivity index (χ1v) is 18.7. The maximum Gasteiger partial charge on any atom is 0.255 e. The minimum Gasteiger partial charge on any atom is -0.367 e. The van der Waals surface area contributed by atoms with E-state index in [1.165, 1.54) is 38.5 Å². The van der Waals surface area contributed by atoms with Crippen LogP contribution in [0.1, 0.15) is 79.5 Å². The van der Waals surface area contributed by atoms with Gasteiger partial charge >= 0.3 is 0 Å². The smallest absolute Gasteiger partial charge is 0.255 e. The molecule has 1 N–H and O–H groups in total. The molecule has 2 heterocycles. The van der Waals surface area contributed by atoms with Gasteiger partial charge in [0.25, 0.3) is 11.8 Å². The molecule has 3 aromatic rings. The number of rotatable bonds is 7. The molecule has 3 amide bonds. The Morgan fingerprint density at radius 3 is 1.98 bits per heavy atom. The van der Waals surface area contributed by atoms with E-state index in [2.05, 4.69) is 29.0 Å². The third-order valence-corrected chi connectivity index (χ3v) is 12.5. The Kier molecular flexibility index (Phi) is 8.63. The topological polar surface area (TPSA) is 76.2 Å². The van der Waals surface area contributed by atoms with Crippen molar-refractivity contribution in [2.24, 2.45) is 23.2 Å². The van der Waals surface area contributed by atoms with Gasteiger partial charge in [-0.05, 0) is 117 Å². The van der Waals surface area contributed by atoms with Crippen LogP contribution < -0.4 is 10.2 Å². The number of piperazine rings is 2. The number of anilines is 2. The molecule has 4 aliphatic carbocycles. The van der Waals surface area contributed by atoms with Gasteiger partial charge < -0.3 is 20.0 Å². The maximum atomic E-state index is 13.9. The highest BCUT2D eigenvalue weighted by Gasteiger charge is 2.51. The Labute approximate surface area is 290 Å². The molecule has 0 unspecified atom stereocenters. The van der Waals surface area contributed by atoms with Gasteiger partial charge in [0.2, 0.25) is 5.91 Å². The van der Waals surface area contributed by atoms with Crippen LogP contribution >= 0.6 is 0 Å². The second kappa shape index (κ2) is 13.1. The van der Waals surface area contributed by atoms with Crippen LogP contribution in [-0.4, -0.2) is 90.8 Å². The van der Waals surface area contributed by atoms with E-state index in [4.69, 9.17) is 0 Å². The summed E-state index contributed by atoms with van der Waals surface area (Å²) in [6, 6.07) is 20.0. The molecule has 0 aromatic heterocycles. The van der Waals surface area contributed by atoms with Gasteiger partial charge in [0.05, 0.1) is 11.4 Å². The SMILES string of the molecule is CC(C)N1CCN(c2ccc(C(=O)N3CCN(C(=O)CC45CC6CC(CC(C6)C4)C5)CC3)cc2NC(=O)c2ccc3ccccc3c2)CC1. The van der Waals surface area contributed by atoms with Crippen LogP contribution in [0, 0.1) is 23.2 Å². The summed E-state index contributed by atoms with van der Waals surface area (Å²) in [7, 11) is 0. The van der Waals surface area contributed by atoms with Crippen molar-refractivity contribution in [1.29, 1.82) is 0 Å². The average Bonchev–Trinajstić information content (AvgIpc) is 3.10. The number of hydrogen-bond acceptors (Lipinski definition) is 5. The molecule has 0 atom stereocenters. The lowest BCUT2D eigenvalue weighted by Gasteiger charge is -2.57. The summed E-state index contributed by atoms with van der Waals surface area (Å²) < 4.78 is 0. The Hall–Kier alpha value is -3.91. The van der Waals surface area contributed by atoms with Crippen LogP contribution in [0.5, 0.6) is 0 Å². The third-order valence-electron chi connectivity index (χ3n) is 12.5. The van der Waals surface area contributed by atoms with Crippen LogP contribution in [0.3, 0.4) is 0 Å². The van der Waals surface area contributed by atoms with Crippen LogP contribution in [-0.2, 0) is 4.79 Å². The fourth-order valence-electron chi connectivity index (χ4n) is 10.3. The van der Waals surface area contributed by atoms with E-state index in [0.717, 1.165) is 60.4 Å². The molecule has 2 aliphatic heterocycles. The molecule has 8 heteroatoms. The van der Waals surface area contributed by atoms with Crippen molar-refractivity contribution < 1.29 is 14.4 Å². The lowest BCUT2D eigenvalue weighted by Crippen LogP contribution is -2.53. The summed E-state index contributed by atoms with van der Waals surface area (Å²) in [5.41, 5.74) is 2.97. The van der Waals surface area contributed by atoms with Crippen LogP contribution in [0.25, 0.3) is 10.8 Å². The van der Waals surface area contributed by atoms with Crippen LogP contribution in [0.4, 0.5) is 11.4 Å². The van der Waals surface area contributed by atoms with E-state index in [1.807, 2.05) is 70.5 Å². The summed E-state index contributed by atoms with van der Waals surface area (Å²) in [6.07, 6.45) is 8.58. The van der Waals surface area contributed by atoms with E-state index < -0.39 is 0 Å². The van der Waals surface area contributed by atoms with Gasteiger partial charge in [-0.3, -0.25) is 19.3 Å². The highest BCUT2D eigenvalue weighted by Crippen LogP contribution is 2.61. The van der Waals surface area contributed by atoms with Gasteiger partial charge in [-0.15, -0.1) is 0 Å². The van der Waals surface area contributed by atoms with Gasteiger partial charge in [0.15, 0.2) is 0 Å². The first-order chi connectivity index (χ1) is 23.7. The number of hydrogen-bond donors (Lipinski definition) is 1. The molecule has 6 aliphatic rings. The summed E-state index contributed by atoms with van der Waals surface area (Å²) in [5.74, 6) is 2.56. The lowest BCUT2D eigenvalue weighted by atomic mass is 9.49. The van der Waals surface area contributed by atoms with Crippen molar-refractivity contribution in [3.8, 4) is 0 Å². The molecule has 8 nitrogen and oxygen atoms in total. The summed E-state index contributed by atoms with van der Waals surface area (Å²) in [6.45, 7) is 10.3. The predicted molar refractivity (Wildman–Crippen MR) is 195 cm³/mol. The van der Waals surface area contributed by atoms with Gasteiger partial charge in [0.1, 0.15) is 0 Å². The Morgan fingerprint density at radius 2 is 1.33 bits per heavy atom. The van der Waals surface area contributed by atoms with Crippen molar-refractivity contribution in [2.45, 2.75) is 64.8 Å². The highest BCUT2D eigenvalue weighted by atomic mass is 16.2. The minimum absolute atomic E-state index is 0.0504. The number of carbonyl (C=O) groups is 3. The zero-order chi connectivity index (χ0) is 33.7. The predicted octanol–water partition coefficient (Wildman–Crippen LogP) is 6.51. The number of carbonyl (C=O) groups excluding carboxylic acids is 3. The van der Waals surface area contributed by atoms with Crippen molar-refractivity contribution in [2.75, 3.05) is 62.6 Å². The standard InChI is InChI=1S/C41H51N5O3/c1-28(2)43-11-13-44(14-12-43)37-10-9-35(23-36(37)42-39(48)34-8-7-32-5-3-4-6-33(32)22-34)40(49)46-17-15-45(16-18-46)38(47)27-41-24-29-19-30(25-41)21-31(20-29)26-41/h3-10,22-23,28-31H,11-21,24-27H2,1-2H3,(H,42,48). The van der Waals surface area contributed by atoms with Crippen molar-refractivity contribution in [3.05, 3.63) is 71.8 Å². The van der Waals surface area contributed by atoms with Crippen LogP contribution in [0.15, 0.2) is 60.7 Å². The molecule has 0 radical (unpaired) electrons. The Bertz CT molecular complexity index is 1700. The Morgan fingerprint density at radius 1 is 0.714 bits per heavy atom. The highest BCUT2D eigenvalue weighted by molar-refractivity contribution is 6.08. The number of nitrogens with one attached hydrogen (secondary N) is 1. The lowest BCUT2D eigenvalue weighted by molar-refractivity contribution is -0.141. The second-order valence-electron chi connectivity index (χ2n) is 16.1. The normalized spacial score (nSPS) is 26.8. The largest absolute Gasteiger partial charge is 0.367 e. The maximum absolute atomic E-state index is 13.9. The zero-order valence-electron chi connectivity index (χ0n) is 29.2. The Balaban J connectivity index is 0.961. The van der Waals surface area contributed by atoms with E-state index in [9.17, 15) is 14.4 Å². The van der Waals surface area contributed by atoms with Crippen molar-refractivity contribution >= 4 is 39.9 Å². The van der Waals surface area contributed by atoms with Gasteiger partial charge in [-0.25, -0.2) is 0 Å². The van der Waals surface area contributed by atoms with E-state index in [-0.39, 0.29) is 23.1 Å². The zero-order valence-corrected chi connectivity index (χ0v) is 29.2. The molecule has 6 fully saturated rings. The number of nitrogens with zero attached hydrogens (tertiary/aromatic N) is 4. The fraction of sp³-hybridized carbons (Fsp3) is 0.537. The summed E-state index contributed by atoms with van der Waals surface area (Å²) >= 11 is 0. The number of amides is 3. The molecule has 0 spiro atoms. The molecular weight excluding hydrogens is 610 g/mol. The average molecular weight is 662 g/mol. The van der Waals surface area contributed by atoms with Gasteiger partial charge in [0, 0.05) is 75.9 Å². The van der Waals surface area contributed by atoms with Crippen molar-refractivity contribution in [1.82, 2.24) is 14.7 Å².